The number of methoxy groups -OCH3 is 1. The number of hydrogen-bond donors (Lipinski definition) is 3. The van der Waals surface area contributed by atoms with E-state index in [4.69, 9.17) is 4.74 Å². The highest BCUT2D eigenvalue weighted by molar-refractivity contribution is 9.10. The molecule has 4 rings (SSSR count). The van der Waals surface area contributed by atoms with Crippen LogP contribution in [0.15, 0.2) is 62.5 Å². The highest BCUT2D eigenvalue weighted by atomic mass is 79.9. The minimum absolute atomic E-state index is 0.267. The third kappa shape index (κ3) is 7.82. The molecule has 0 unspecified atom stereocenters. The van der Waals surface area contributed by atoms with E-state index in [2.05, 4.69) is 62.4 Å². The van der Waals surface area contributed by atoms with E-state index < -0.39 is 0 Å². The molecule has 4 aromatic rings. The number of hydrogen-bond acceptors (Lipinski definition) is 7. The molecule has 35 heavy (non-hydrogen) atoms. The van der Waals surface area contributed by atoms with Crippen molar-refractivity contribution in [1.82, 2.24) is 19.9 Å². The predicted molar refractivity (Wildman–Crippen MR) is 138 cm³/mol. The highest BCUT2D eigenvalue weighted by Gasteiger charge is 2.06. The van der Waals surface area contributed by atoms with E-state index in [1.54, 1.807) is 25.3 Å². The van der Waals surface area contributed by atoms with Crippen LogP contribution in [0.1, 0.15) is 11.1 Å². The number of nitrogens with one attached hydrogen (secondary N) is 3. The third-order valence-corrected chi connectivity index (χ3v) is 5.37. The maximum absolute atomic E-state index is 13.2. The van der Waals surface area contributed by atoms with E-state index in [9.17, 15) is 13.6 Å². The van der Waals surface area contributed by atoms with Gasteiger partial charge in [0.2, 0.25) is 17.8 Å². The summed E-state index contributed by atoms with van der Waals surface area (Å²) < 4.78 is 32.4. The Morgan fingerprint density at radius 2 is 1.43 bits per heavy atom. The van der Waals surface area contributed by atoms with Crippen molar-refractivity contribution < 1.29 is 13.5 Å². The van der Waals surface area contributed by atoms with Gasteiger partial charge in [0.15, 0.2) is 0 Å². The fraction of sp³-hybridized carbons (Fsp3) is 0.130. The van der Waals surface area contributed by atoms with Crippen LogP contribution in [-0.4, -0.2) is 27.0 Å². The molecule has 0 fully saturated rings. The number of benzene rings is 2. The largest absolute Gasteiger partial charge is 0.480 e. The third-order valence-electron chi connectivity index (χ3n) is 4.26. The Morgan fingerprint density at radius 3 is 1.97 bits per heavy atom. The maximum atomic E-state index is 13.2. The first-order valence-electron chi connectivity index (χ1n) is 10.0. The smallest absolute Gasteiger partial charge is 0.266 e. The molecular weight excluding hydrogens is 590 g/mol. The van der Waals surface area contributed by atoms with Gasteiger partial charge in [0.25, 0.3) is 5.56 Å². The van der Waals surface area contributed by atoms with Crippen molar-refractivity contribution in [2.24, 2.45) is 0 Å². The Morgan fingerprint density at radius 1 is 0.857 bits per heavy atom. The fourth-order valence-corrected chi connectivity index (χ4v) is 3.43. The van der Waals surface area contributed by atoms with Crippen LogP contribution < -0.4 is 20.9 Å². The van der Waals surface area contributed by atoms with Gasteiger partial charge in [0.1, 0.15) is 16.1 Å². The lowest BCUT2D eigenvalue weighted by molar-refractivity contribution is 0.394. The van der Waals surface area contributed by atoms with Crippen LogP contribution in [0.4, 0.5) is 32.1 Å². The summed E-state index contributed by atoms with van der Waals surface area (Å²) in [5.74, 6) is 0.386. The van der Waals surface area contributed by atoms with Crippen LogP contribution in [0.2, 0.25) is 0 Å². The number of aromatic amines is 1. The second-order valence-corrected chi connectivity index (χ2v) is 8.95. The first kappa shape index (κ1) is 26.2. The molecule has 182 valence electrons. The van der Waals surface area contributed by atoms with Crippen LogP contribution in [-0.2, 0) is 0 Å². The summed E-state index contributed by atoms with van der Waals surface area (Å²) >= 11 is 6.31. The molecule has 0 spiro atoms. The number of nitrogens with zero attached hydrogens (tertiary/aromatic N) is 3. The average Bonchev–Trinajstić information content (AvgIpc) is 2.77. The number of aryl methyl sites for hydroxylation is 2. The summed E-state index contributed by atoms with van der Waals surface area (Å²) in [7, 11) is 1.52. The first-order chi connectivity index (χ1) is 16.6. The van der Waals surface area contributed by atoms with Crippen molar-refractivity contribution in [3.63, 3.8) is 0 Å². The van der Waals surface area contributed by atoms with Crippen LogP contribution in [0.25, 0.3) is 0 Å². The van der Waals surface area contributed by atoms with E-state index in [0.29, 0.717) is 32.1 Å². The molecule has 0 aliphatic carbocycles. The van der Waals surface area contributed by atoms with Gasteiger partial charge in [0.05, 0.1) is 24.0 Å². The molecule has 0 radical (unpaired) electrons. The standard InChI is InChI=1S/C12H11BrFN3O.C11H9BrFN3O/c1-7-3-8(14)5-9(4-7)16-12-15-6-10(13)11(17-12)18-2;1-6-2-7(13)4-8(3-6)15-11-14-5-9(12)10(17)16-11/h3-6H,1-2H3,(H,15,16,17);2-5H,1H3,(H2,14,15,16,17). The quantitative estimate of drug-likeness (QED) is 0.249. The normalized spacial score (nSPS) is 10.3. The van der Waals surface area contributed by atoms with Gasteiger partial charge in [-0.2, -0.15) is 4.98 Å². The minimum atomic E-state index is -0.341. The Labute approximate surface area is 216 Å². The summed E-state index contributed by atoms with van der Waals surface area (Å²) in [6, 6.07) is 9.14. The summed E-state index contributed by atoms with van der Waals surface area (Å²) in [5, 5.41) is 5.75. The average molecular weight is 610 g/mol. The number of ether oxygens (including phenoxy) is 1. The van der Waals surface area contributed by atoms with Crippen LogP contribution >= 0.6 is 31.9 Å². The van der Waals surface area contributed by atoms with Gasteiger partial charge in [-0.05, 0) is 93.2 Å². The molecule has 0 atom stereocenters. The van der Waals surface area contributed by atoms with E-state index in [-0.39, 0.29) is 23.1 Å². The lowest BCUT2D eigenvalue weighted by Gasteiger charge is -2.08. The van der Waals surface area contributed by atoms with Crippen LogP contribution in [0.3, 0.4) is 0 Å². The molecular formula is C23H20Br2F2N6O2. The minimum Gasteiger partial charge on any atom is -0.480 e. The van der Waals surface area contributed by atoms with E-state index in [1.165, 1.54) is 37.6 Å². The van der Waals surface area contributed by atoms with Crippen LogP contribution in [0.5, 0.6) is 5.88 Å². The molecule has 2 aromatic heterocycles. The Kier molecular flexibility index (Phi) is 8.88. The molecule has 12 heteroatoms. The van der Waals surface area contributed by atoms with Gasteiger partial charge in [-0.15, -0.1) is 0 Å². The molecule has 0 amide bonds. The fourth-order valence-electron chi connectivity index (χ4n) is 2.88. The molecule has 0 aliphatic rings. The van der Waals surface area contributed by atoms with Gasteiger partial charge < -0.3 is 15.4 Å². The monoisotopic (exact) mass is 608 g/mol. The molecule has 2 aromatic carbocycles. The molecule has 0 saturated carbocycles. The molecule has 0 bridgehead atoms. The zero-order chi connectivity index (χ0) is 25.5. The molecule has 3 N–H and O–H groups in total. The summed E-state index contributed by atoms with van der Waals surface area (Å²) in [6.07, 6.45) is 2.95. The van der Waals surface area contributed by atoms with E-state index in [0.717, 1.165) is 11.1 Å². The van der Waals surface area contributed by atoms with Gasteiger partial charge in [-0.1, -0.05) is 0 Å². The SMILES string of the molecule is COc1nc(Nc2cc(C)cc(F)c2)ncc1Br.Cc1cc(F)cc(Nc2ncc(Br)c(=O)[nH]2)c1. The summed E-state index contributed by atoms with van der Waals surface area (Å²) in [6.45, 7) is 3.60. The Hall–Kier alpha value is -3.38. The lowest BCUT2D eigenvalue weighted by atomic mass is 10.2. The zero-order valence-corrected chi connectivity index (χ0v) is 22.0. The van der Waals surface area contributed by atoms with Crippen molar-refractivity contribution >= 4 is 55.1 Å². The van der Waals surface area contributed by atoms with Gasteiger partial charge >= 0.3 is 0 Å². The topological polar surface area (TPSA) is 105 Å². The van der Waals surface area contributed by atoms with Crippen molar-refractivity contribution in [3.05, 3.63) is 90.9 Å². The number of rotatable bonds is 5. The predicted octanol–water partition coefficient (Wildman–Crippen LogP) is 6.16. The van der Waals surface area contributed by atoms with Crippen LogP contribution in [0, 0.1) is 25.5 Å². The van der Waals surface area contributed by atoms with Gasteiger partial charge in [-0.3, -0.25) is 9.78 Å². The van der Waals surface area contributed by atoms with Crippen molar-refractivity contribution in [1.29, 1.82) is 0 Å². The second-order valence-electron chi connectivity index (χ2n) is 7.24. The van der Waals surface area contributed by atoms with E-state index in [1.807, 2.05) is 6.92 Å². The zero-order valence-electron chi connectivity index (χ0n) is 18.8. The number of anilines is 4. The Bertz CT molecular complexity index is 1360. The number of halogens is 4. The number of aromatic nitrogens is 4. The maximum Gasteiger partial charge on any atom is 0.266 e. The van der Waals surface area contributed by atoms with Crippen molar-refractivity contribution in [3.8, 4) is 5.88 Å². The highest BCUT2D eigenvalue weighted by Crippen LogP contribution is 2.24. The first-order valence-corrected chi connectivity index (χ1v) is 11.6. The van der Waals surface area contributed by atoms with Crippen molar-refractivity contribution in [2.75, 3.05) is 17.7 Å². The molecule has 2 heterocycles. The van der Waals surface area contributed by atoms with Crippen molar-refractivity contribution in [2.45, 2.75) is 13.8 Å². The van der Waals surface area contributed by atoms with Gasteiger partial charge in [0, 0.05) is 11.4 Å². The van der Waals surface area contributed by atoms with E-state index >= 15 is 0 Å². The lowest BCUT2D eigenvalue weighted by Crippen LogP contribution is -2.10. The summed E-state index contributed by atoms with van der Waals surface area (Å²) in [4.78, 5) is 26.0. The molecule has 0 aliphatic heterocycles. The summed E-state index contributed by atoms with van der Waals surface area (Å²) in [5.41, 5.74) is 2.44. The number of H-pyrrole nitrogens is 1. The Balaban J connectivity index is 0.000000196. The second kappa shape index (κ2) is 11.8. The molecule has 0 saturated heterocycles. The molecule has 8 nitrogen and oxygen atoms in total. The van der Waals surface area contributed by atoms with Gasteiger partial charge in [-0.25, -0.2) is 18.7 Å².